The third-order valence-corrected chi connectivity index (χ3v) is 2.48. The summed E-state index contributed by atoms with van der Waals surface area (Å²) in [5.41, 5.74) is 0. The number of aliphatic hydroxyl groups is 1. The van der Waals surface area contributed by atoms with Crippen molar-refractivity contribution in [2.45, 2.75) is 39.3 Å². The molecule has 0 saturated carbocycles. The van der Waals surface area contributed by atoms with Gasteiger partial charge in [0.15, 0.2) is 0 Å². The van der Waals surface area contributed by atoms with Crippen LogP contribution in [-0.4, -0.2) is 47.7 Å². The largest absolute Gasteiger partial charge is 0.396 e. The molecule has 0 aromatic rings. The summed E-state index contributed by atoms with van der Waals surface area (Å²) in [6, 6.07) is 0.0398. The van der Waals surface area contributed by atoms with Crippen molar-refractivity contribution >= 4 is 5.91 Å². The van der Waals surface area contributed by atoms with Gasteiger partial charge in [0.2, 0.25) is 5.91 Å². The molecule has 1 unspecified atom stereocenters. The number of carbonyl (C=O) groups is 1. The number of amides is 1. The van der Waals surface area contributed by atoms with E-state index in [-0.39, 0.29) is 31.1 Å². The van der Waals surface area contributed by atoms with Crippen LogP contribution in [0.3, 0.4) is 0 Å². The topological polar surface area (TPSA) is 52.6 Å². The summed E-state index contributed by atoms with van der Waals surface area (Å²) in [6.45, 7) is 7.02. The van der Waals surface area contributed by atoms with E-state index in [0.717, 1.165) is 0 Å². The summed E-state index contributed by atoms with van der Waals surface area (Å²) in [5.74, 6) is 2.31. The van der Waals surface area contributed by atoms with Crippen LogP contribution < -0.4 is 5.32 Å². The van der Waals surface area contributed by atoms with Crippen molar-refractivity contribution in [1.29, 1.82) is 0 Å². The van der Waals surface area contributed by atoms with Gasteiger partial charge in [0, 0.05) is 19.2 Å². The summed E-state index contributed by atoms with van der Waals surface area (Å²) in [4.78, 5) is 13.7. The highest BCUT2D eigenvalue weighted by molar-refractivity contribution is 5.81. The number of nitrogens with one attached hydrogen (secondary N) is 1. The Hall–Kier alpha value is -1.05. The lowest BCUT2D eigenvalue weighted by Gasteiger charge is -2.31. The van der Waals surface area contributed by atoms with Crippen molar-refractivity contribution in [2.24, 2.45) is 0 Å². The molecule has 0 radical (unpaired) electrons. The van der Waals surface area contributed by atoms with Crippen LogP contribution >= 0.6 is 0 Å². The molecule has 92 valence electrons. The molecule has 0 bridgehead atoms. The highest BCUT2D eigenvalue weighted by Crippen LogP contribution is 2.06. The molecule has 4 nitrogen and oxygen atoms in total. The Morgan fingerprint density at radius 3 is 2.56 bits per heavy atom. The molecule has 0 aliphatic heterocycles. The van der Waals surface area contributed by atoms with Crippen molar-refractivity contribution in [3.8, 4) is 12.3 Å². The van der Waals surface area contributed by atoms with Crippen LogP contribution in [-0.2, 0) is 4.79 Å². The fourth-order valence-corrected chi connectivity index (χ4v) is 1.59. The Morgan fingerprint density at radius 2 is 2.12 bits per heavy atom. The lowest BCUT2D eigenvalue weighted by molar-refractivity contribution is -0.126. The first kappa shape index (κ1) is 14.9. The van der Waals surface area contributed by atoms with Crippen LogP contribution in [0.4, 0.5) is 0 Å². The van der Waals surface area contributed by atoms with E-state index in [2.05, 4.69) is 11.2 Å². The first-order chi connectivity index (χ1) is 7.54. The maximum atomic E-state index is 11.7. The van der Waals surface area contributed by atoms with Crippen molar-refractivity contribution in [2.75, 3.05) is 19.7 Å². The van der Waals surface area contributed by atoms with E-state index in [1.165, 1.54) is 0 Å². The smallest absolute Gasteiger partial charge is 0.237 e. The van der Waals surface area contributed by atoms with Gasteiger partial charge in [-0.2, -0.15) is 0 Å². The number of rotatable bonds is 7. The van der Waals surface area contributed by atoms with Crippen LogP contribution in [0.5, 0.6) is 0 Å². The molecule has 0 heterocycles. The van der Waals surface area contributed by atoms with Crippen molar-refractivity contribution in [3.05, 3.63) is 0 Å². The normalized spacial score (nSPS) is 12.6. The Morgan fingerprint density at radius 1 is 1.50 bits per heavy atom. The van der Waals surface area contributed by atoms with Crippen LogP contribution in [0.15, 0.2) is 0 Å². The van der Waals surface area contributed by atoms with E-state index in [4.69, 9.17) is 11.5 Å². The van der Waals surface area contributed by atoms with Crippen molar-refractivity contribution in [3.63, 3.8) is 0 Å². The van der Waals surface area contributed by atoms with Crippen molar-refractivity contribution < 1.29 is 9.90 Å². The van der Waals surface area contributed by atoms with Gasteiger partial charge in [-0.3, -0.25) is 9.69 Å². The van der Waals surface area contributed by atoms with Gasteiger partial charge in [0.1, 0.15) is 0 Å². The van der Waals surface area contributed by atoms with Crippen LogP contribution in [0.1, 0.15) is 27.2 Å². The van der Waals surface area contributed by atoms with Crippen LogP contribution in [0, 0.1) is 12.3 Å². The molecule has 1 amide bonds. The minimum Gasteiger partial charge on any atom is -0.396 e. The predicted octanol–water partition coefficient (Wildman–Crippen LogP) is 0.217. The van der Waals surface area contributed by atoms with Gasteiger partial charge in [-0.25, -0.2) is 0 Å². The fourth-order valence-electron chi connectivity index (χ4n) is 1.59. The Bertz CT molecular complexity index is 246. The van der Waals surface area contributed by atoms with Crippen LogP contribution in [0.2, 0.25) is 0 Å². The average molecular weight is 226 g/mol. The molecule has 0 aromatic heterocycles. The Balaban J connectivity index is 4.31. The molecule has 2 N–H and O–H groups in total. The monoisotopic (exact) mass is 226 g/mol. The molecule has 0 aliphatic rings. The number of nitrogens with zero attached hydrogens (tertiary/aromatic N) is 1. The highest BCUT2D eigenvalue weighted by atomic mass is 16.3. The molecule has 0 fully saturated rings. The zero-order valence-corrected chi connectivity index (χ0v) is 10.4. The first-order valence-electron chi connectivity index (χ1n) is 5.62. The number of carbonyl (C=O) groups excluding carboxylic acids is 1. The molecule has 0 saturated heterocycles. The lowest BCUT2D eigenvalue weighted by Crippen LogP contribution is -2.48. The van der Waals surface area contributed by atoms with E-state index in [1.54, 1.807) is 0 Å². The zero-order chi connectivity index (χ0) is 12.6. The number of hydrogen-bond donors (Lipinski definition) is 2. The van der Waals surface area contributed by atoms with Gasteiger partial charge < -0.3 is 10.4 Å². The van der Waals surface area contributed by atoms with Gasteiger partial charge in [-0.1, -0.05) is 5.92 Å². The quantitative estimate of drug-likeness (QED) is 0.610. The molecule has 0 spiro atoms. The molecular weight excluding hydrogens is 204 g/mol. The summed E-state index contributed by atoms with van der Waals surface area (Å²) >= 11 is 0. The molecule has 0 rings (SSSR count). The predicted molar refractivity (Wildman–Crippen MR) is 64.8 cm³/mol. The molecule has 0 aliphatic carbocycles. The van der Waals surface area contributed by atoms with Gasteiger partial charge in [0.25, 0.3) is 0 Å². The first-order valence-corrected chi connectivity index (χ1v) is 5.62. The lowest BCUT2D eigenvalue weighted by atomic mass is 10.2. The van der Waals surface area contributed by atoms with E-state index < -0.39 is 0 Å². The second-order valence-corrected chi connectivity index (χ2v) is 4.01. The third-order valence-electron chi connectivity index (χ3n) is 2.48. The molecular formula is C12H22N2O2. The third kappa shape index (κ3) is 5.15. The number of hydrogen-bond acceptors (Lipinski definition) is 3. The zero-order valence-electron chi connectivity index (χ0n) is 10.4. The van der Waals surface area contributed by atoms with E-state index in [9.17, 15) is 4.79 Å². The maximum Gasteiger partial charge on any atom is 0.237 e. The van der Waals surface area contributed by atoms with Crippen molar-refractivity contribution in [1.82, 2.24) is 10.2 Å². The maximum absolute atomic E-state index is 11.7. The second kappa shape index (κ2) is 8.14. The second-order valence-electron chi connectivity index (χ2n) is 4.01. The summed E-state index contributed by atoms with van der Waals surface area (Å²) in [6.07, 6.45) is 5.75. The fraction of sp³-hybridized carbons (Fsp3) is 0.750. The van der Waals surface area contributed by atoms with E-state index in [0.29, 0.717) is 13.0 Å². The number of aliphatic hydroxyl groups excluding tert-OH is 1. The molecule has 4 heteroatoms. The van der Waals surface area contributed by atoms with Gasteiger partial charge >= 0.3 is 0 Å². The summed E-state index contributed by atoms with van der Waals surface area (Å²) < 4.78 is 0. The van der Waals surface area contributed by atoms with Gasteiger partial charge in [0.05, 0.1) is 12.6 Å². The summed E-state index contributed by atoms with van der Waals surface area (Å²) in [5, 5.41) is 11.5. The minimum absolute atomic E-state index is 0.0652. The Kier molecular flexibility index (Phi) is 7.61. The molecule has 0 aromatic carbocycles. The highest BCUT2D eigenvalue weighted by Gasteiger charge is 2.22. The van der Waals surface area contributed by atoms with Crippen LogP contribution in [0.25, 0.3) is 0 Å². The molecule has 16 heavy (non-hydrogen) atoms. The van der Waals surface area contributed by atoms with E-state index in [1.807, 2.05) is 25.7 Å². The summed E-state index contributed by atoms with van der Waals surface area (Å²) in [7, 11) is 0. The standard InChI is InChI=1S/C12H22N2O2/c1-5-7-13-12(16)11(4)14(10(2)3)8-6-9-15/h1,10-11,15H,6-9H2,2-4H3,(H,13,16). The minimum atomic E-state index is -0.222. The SMILES string of the molecule is C#CCNC(=O)C(C)N(CCCO)C(C)C. The molecule has 1 atom stereocenters. The van der Waals surface area contributed by atoms with Gasteiger partial charge in [-0.05, 0) is 27.2 Å². The van der Waals surface area contributed by atoms with Gasteiger partial charge in [-0.15, -0.1) is 6.42 Å². The van der Waals surface area contributed by atoms with E-state index >= 15 is 0 Å². The number of terminal acetylenes is 1. The average Bonchev–Trinajstić information content (AvgIpc) is 2.25. The Labute approximate surface area is 98.0 Å².